The molecule has 0 radical (unpaired) electrons. The van der Waals surface area contributed by atoms with Crippen LogP contribution in [0.15, 0.2) is 12.1 Å². The summed E-state index contributed by atoms with van der Waals surface area (Å²) < 4.78 is 13.8. The molecule has 3 N–H and O–H groups in total. The van der Waals surface area contributed by atoms with Crippen LogP contribution in [0.5, 0.6) is 0 Å². The standard InChI is InChI=1S/C11H14Cl2FNO/c1-11(2,5-16)10(15)8-6(12)3-4-7(13)9(8)14/h3-4,10,16H,5,15H2,1-2H3/t10-/m1/s1. The first kappa shape index (κ1) is 13.7. The number of hydrogen-bond acceptors (Lipinski definition) is 2. The van der Waals surface area contributed by atoms with Gasteiger partial charge in [-0.2, -0.15) is 0 Å². The van der Waals surface area contributed by atoms with Crippen molar-refractivity contribution in [2.75, 3.05) is 6.61 Å². The van der Waals surface area contributed by atoms with E-state index in [4.69, 9.17) is 28.9 Å². The first-order valence-corrected chi connectivity index (χ1v) is 5.56. The van der Waals surface area contributed by atoms with E-state index in [0.29, 0.717) is 0 Å². The van der Waals surface area contributed by atoms with Gasteiger partial charge in [0.05, 0.1) is 5.02 Å². The molecule has 0 saturated carbocycles. The van der Waals surface area contributed by atoms with Crippen molar-refractivity contribution in [2.45, 2.75) is 19.9 Å². The molecule has 1 aromatic rings. The highest BCUT2D eigenvalue weighted by molar-refractivity contribution is 6.33. The minimum absolute atomic E-state index is 0.0245. The molecule has 0 heterocycles. The molecule has 16 heavy (non-hydrogen) atoms. The highest BCUT2D eigenvalue weighted by atomic mass is 35.5. The second kappa shape index (κ2) is 4.88. The number of aliphatic hydroxyl groups excluding tert-OH is 1. The largest absolute Gasteiger partial charge is 0.396 e. The van der Waals surface area contributed by atoms with E-state index in [1.54, 1.807) is 13.8 Å². The van der Waals surface area contributed by atoms with Crippen molar-refractivity contribution in [3.05, 3.63) is 33.6 Å². The molecule has 5 heteroatoms. The van der Waals surface area contributed by atoms with Crippen LogP contribution in [-0.4, -0.2) is 11.7 Å². The van der Waals surface area contributed by atoms with Crippen molar-refractivity contribution in [1.29, 1.82) is 0 Å². The molecule has 0 aliphatic heterocycles. The smallest absolute Gasteiger partial charge is 0.148 e. The van der Waals surface area contributed by atoms with Crippen LogP contribution in [0.3, 0.4) is 0 Å². The zero-order chi connectivity index (χ0) is 12.5. The molecular formula is C11H14Cl2FNO. The van der Waals surface area contributed by atoms with Gasteiger partial charge in [-0.05, 0) is 12.1 Å². The van der Waals surface area contributed by atoms with Crippen LogP contribution in [0.4, 0.5) is 4.39 Å². The van der Waals surface area contributed by atoms with E-state index in [-0.39, 0.29) is 22.2 Å². The minimum atomic E-state index is -0.719. The summed E-state index contributed by atoms with van der Waals surface area (Å²) in [5.74, 6) is -0.622. The molecule has 1 aromatic carbocycles. The van der Waals surface area contributed by atoms with Gasteiger partial charge < -0.3 is 10.8 Å². The predicted octanol–water partition coefficient (Wildman–Crippen LogP) is 3.15. The summed E-state index contributed by atoms with van der Waals surface area (Å²) in [5, 5.41) is 9.39. The first-order chi connectivity index (χ1) is 7.31. The molecule has 0 amide bonds. The summed E-state index contributed by atoms with van der Waals surface area (Å²) >= 11 is 11.6. The Labute approximate surface area is 104 Å². The second-order valence-corrected chi connectivity index (χ2v) is 5.20. The third-order valence-corrected chi connectivity index (χ3v) is 3.26. The van der Waals surface area contributed by atoms with Crippen LogP contribution in [0.2, 0.25) is 10.0 Å². The third-order valence-electron chi connectivity index (χ3n) is 2.64. The molecule has 0 unspecified atom stereocenters. The normalized spacial score (nSPS) is 13.9. The van der Waals surface area contributed by atoms with Crippen molar-refractivity contribution in [2.24, 2.45) is 11.1 Å². The lowest BCUT2D eigenvalue weighted by Crippen LogP contribution is -2.33. The van der Waals surface area contributed by atoms with E-state index in [9.17, 15) is 9.50 Å². The molecule has 0 aliphatic rings. The lowest BCUT2D eigenvalue weighted by molar-refractivity contribution is 0.131. The summed E-state index contributed by atoms with van der Waals surface area (Å²) in [7, 11) is 0. The van der Waals surface area contributed by atoms with Crippen LogP contribution >= 0.6 is 23.2 Å². The number of aliphatic hydroxyl groups is 1. The summed E-state index contributed by atoms with van der Waals surface area (Å²) in [6.45, 7) is 3.29. The maximum absolute atomic E-state index is 13.8. The minimum Gasteiger partial charge on any atom is -0.396 e. The van der Waals surface area contributed by atoms with E-state index in [2.05, 4.69) is 0 Å². The number of rotatable bonds is 3. The fourth-order valence-corrected chi connectivity index (χ4v) is 1.75. The van der Waals surface area contributed by atoms with Crippen molar-refractivity contribution >= 4 is 23.2 Å². The van der Waals surface area contributed by atoms with Gasteiger partial charge in [-0.15, -0.1) is 0 Å². The molecule has 1 rings (SSSR count). The maximum Gasteiger partial charge on any atom is 0.148 e. The molecule has 0 spiro atoms. The lowest BCUT2D eigenvalue weighted by Gasteiger charge is -2.30. The Morgan fingerprint density at radius 2 is 1.88 bits per heavy atom. The van der Waals surface area contributed by atoms with E-state index in [1.807, 2.05) is 0 Å². The van der Waals surface area contributed by atoms with Gasteiger partial charge in [0.2, 0.25) is 0 Å². The number of nitrogens with two attached hydrogens (primary N) is 1. The van der Waals surface area contributed by atoms with Gasteiger partial charge in [0.25, 0.3) is 0 Å². The van der Waals surface area contributed by atoms with E-state index < -0.39 is 17.3 Å². The van der Waals surface area contributed by atoms with Gasteiger partial charge in [0.15, 0.2) is 0 Å². The van der Waals surface area contributed by atoms with Crippen molar-refractivity contribution in [1.82, 2.24) is 0 Å². The molecule has 1 atom stereocenters. The molecule has 0 fully saturated rings. The first-order valence-electron chi connectivity index (χ1n) is 4.81. The van der Waals surface area contributed by atoms with Crippen molar-refractivity contribution in [3.63, 3.8) is 0 Å². The molecule has 0 bridgehead atoms. The van der Waals surface area contributed by atoms with E-state index in [1.165, 1.54) is 12.1 Å². The van der Waals surface area contributed by atoms with Gasteiger partial charge in [-0.1, -0.05) is 37.0 Å². The Hall–Kier alpha value is -0.350. The summed E-state index contributed by atoms with van der Waals surface area (Å²) in [6, 6.07) is 2.15. The highest BCUT2D eigenvalue weighted by Gasteiger charge is 2.31. The number of hydrogen-bond donors (Lipinski definition) is 2. The monoisotopic (exact) mass is 265 g/mol. The fourth-order valence-electron chi connectivity index (χ4n) is 1.32. The van der Waals surface area contributed by atoms with Gasteiger partial charge >= 0.3 is 0 Å². The van der Waals surface area contributed by atoms with Gasteiger partial charge in [0, 0.05) is 28.6 Å². The van der Waals surface area contributed by atoms with Crippen molar-refractivity contribution < 1.29 is 9.50 Å². The predicted molar refractivity (Wildman–Crippen MR) is 64.2 cm³/mol. The molecule has 2 nitrogen and oxygen atoms in total. The third kappa shape index (κ3) is 2.48. The molecule has 0 aromatic heterocycles. The highest BCUT2D eigenvalue weighted by Crippen LogP contribution is 2.37. The Bertz CT molecular complexity index is 396. The lowest BCUT2D eigenvalue weighted by atomic mass is 9.81. The Morgan fingerprint density at radius 1 is 1.38 bits per heavy atom. The zero-order valence-corrected chi connectivity index (χ0v) is 10.6. The number of benzene rings is 1. The van der Waals surface area contributed by atoms with Gasteiger partial charge in [0.1, 0.15) is 5.82 Å². The summed E-state index contributed by atoms with van der Waals surface area (Å²) in [5.41, 5.74) is 5.39. The average molecular weight is 266 g/mol. The van der Waals surface area contributed by atoms with Crippen LogP contribution in [-0.2, 0) is 0 Å². The Morgan fingerprint density at radius 3 is 2.38 bits per heavy atom. The average Bonchev–Trinajstić information content (AvgIpc) is 2.24. The molecule has 0 saturated heterocycles. The Kier molecular flexibility index (Phi) is 4.18. The van der Waals surface area contributed by atoms with Crippen LogP contribution in [0.1, 0.15) is 25.5 Å². The van der Waals surface area contributed by atoms with Crippen LogP contribution < -0.4 is 5.73 Å². The maximum atomic E-state index is 13.8. The van der Waals surface area contributed by atoms with Crippen LogP contribution in [0.25, 0.3) is 0 Å². The number of halogens is 3. The SMILES string of the molecule is CC(C)(CO)[C@H](N)c1c(Cl)ccc(Cl)c1F. The zero-order valence-electron chi connectivity index (χ0n) is 9.10. The second-order valence-electron chi connectivity index (χ2n) is 4.38. The van der Waals surface area contributed by atoms with E-state index >= 15 is 0 Å². The molecule has 0 aliphatic carbocycles. The molecular weight excluding hydrogens is 252 g/mol. The van der Waals surface area contributed by atoms with E-state index in [0.717, 1.165) is 0 Å². The summed E-state index contributed by atoms with van der Waals surface area (Å²) in [4.78, 5) is 0. The van der Waals surface area contributed by atoms with Crippen LogP contribution in [0, 0.1) is 11.2 Å². The topological polar surface area (TPSA) is 46.2 Å². The summed E-state index contributed by atoms with van der Waals surface area (Å²) in [6.07, 6.45) is 0. The Balaban J connectivity index is 3.28. The molecule has 90 valence electrons. The van der Waals surface area contributed by atoms with Crippen molar-refractivity contribution in [3.8, 4) is 0 Å². The fraction of sp³-hybridized carbons (Fsp3) is 0.455. The van der Waals surface area contributed by atoms with Gasteiger partial charge in [-0.25, -0.2) is 4.39 Å². The van der Waals surface area contributed by atoms with Gasteiger partial charge in [-0.3, -0.25) is 0 Å². The quantitative estimate of drug-likeness (QED) is 0.825.